The smallest absolute Gasteiger partial charge is 0.255 e. The van der Waals surface area contributed by atoms with Crippen molar-refractivity contribution in [2.75, 3.05) is 26.2 Å². The van der Waals surface area contributed by atoms with E-state index in [1.54, 1.807) is 12.4 Å². The molecule has 1 unspecified atom stereocenters. The molecule has 4 rings (SSSR count). The number of hydrogen-bond donors (Lipinski definition) is 0. The standard InChI is InChI=1S/C23H33N3O2/c1-18-13-19(15-24-14-18)22(28)26-16-20(23(17-26)9-3-2-4-10-23)7-8-21(27)25-11-5-6-12-25/h13-15,20H,2-12,16-17H2,1H3. The molecule has 2 aliphatic heterocycles. The second-order valence-corrected chi connectivity index (χ2v) is 9.18. The molecular weight excluding hydrogens is 350 g/mol. The van der Waals surface area contributed by atoms with Gasteiger partial charge in [-0.3, -0.25) is 14.6 Å². The topological polar surface area (TPSA) is 53.5 Å². The Bertz CT molecular complexity index is 720. The van der Waals surface area contributed by atoms with Crippen LogP contribution in [-0.2, 0) is 4.79 Å². The minimum Gasteiger partial charge on any atom is -0.343 e. The second kappa shape index (κ2) is 8.22. The predicted octanol–water partition coefficient (Wildman–Crippen LogP) is 3.82. The quantitative estimate of drug-likeness (QED) is 0.794. The van der Waals surface area contributed by atoms with Gasteiger partial charge < -0.3 is 9.80 Å². The van der Waals surface area contributed by atoms with Crippen molar-refractivity contribution in [2.24, 2.45) is 11.3 Å². The molecule has 2 saturated heterocycles. The molecule has 1 aliphatic carbocycles. The molecule has 1 atom stereocenters. The van der Waals surface area contributed by atoms with Gasteiger partial charge in [-0.1, -0.05) is 19.3 Å². The van der Waals surface area contributed by atoms with Gasteiger partial charge in [0.05, 0.1) is 5.56 Å². The molecular formula is C23H33N3O2. The highest BCUT2D eigenvalue weighted by molar-refractivity contribution is 5.94. The summed E-state index contributed by atoms with van der Waals surface area (Å²) in [6.07, 6.45) is 13.5. The van der Waals surface area contributed by atoms with Crippen molar-refractivity contribution in [3.63, 3.8) is 0 Å². The zero-order chi connectivity index (χ0) is 19.6. The van der Waals surface area contributed by atoms with Crippen LogP contribution in [0.3, 0.4) is 0 Å². The number of carbonyl (C=O) groups is 2. The van der Waals surface area contributed by atoms with E-state index in [2.05, 4.69) is 4.98 Å². The fraction of sp³-hybridized carbons (Fsp3) is 0.696. The normalized spacial score (nSPS) is 24.1. The van der Waals surface area contributed by atoms with Crippen LogP contribution in [0.5, 0.6) is 0 Å². The maximum atomic E-state index is 13.1. The highest BCUT2D eigenvalue weighted by atomic mass is 16.2. The Kier molecular flexibility index (Phi) is 5.70. The number of aromatic nitrogens is 1. The van der Waals surface area contributed by atoms with Gasteiger partial charge in [0.2, 0.25) is 5.91 Å². The average Bonchev–Trinajstić information content (AvgIpc) is 3.35. The van der Waals surface area contributed by atoms with Gasteiger partial charge >= 0.3 is 0 Å². The van der Waals surface area contributed by atoms with Gasteiger partial charge in [-0.2, -0.15) is 0 Å². The van der Waals surface area contributed by atoms with E-state index in [0.29, 0.717) is 23.8 Å². The molecule has 1 saturated carbocycles. The van der Waals surface area contributed by atoms with Crippen molar-refractivity contribution in [1.82, 2.24) is 14.8 Å². The lowest BCUT2D eigenvalue weighted by atomic mass is 9.66. The van der Waals surface area contributed by atoms with Gasteiger partial charge in [-0.15, -0.1) is 0 Å². The molecule has 3 aliphatic rings. The minimum absolute atomic E-state index is 0.106. The zero-order valence-electron chi connectivity index (χ0n) is 17.2. The maximum Gasteiger partial charge on any atom is 0.255 e. The third-order valence-corrected chi connectivity index (χ3v) is 7.24. The monoisotopic (exact) mass is 383 g/mol. The van der Waals surface area contributed by atoms with Crippen LogP contribution in [0.15, 0.2) is 18.5 Å². The molecule has 3 fully saturated rings. The predicted molar refractivity (Wildman–Crippen MR) is 109 cm³/mol. The first-order valence-electron chi connectivity index (χ1n) is 11.1. The Balaban J connectivity index is 1.46. The number of rotatable bonds is 4. The van der Waals surface area contributed by atoms with Crippen LogP contribution in [0.2, 0.25) is 0 Å². The van der Waals surface area contributed by atoms with E-state index in [1.807, 2.05) is 22.8 Å². The molecule has 2 amide bonds. The van der Waals surface area contributed by atoms with Crippen LogP contribution in [0.1, 0.15) is 73.7 Å². The fourth-order valence-electron chi connectivity index (χ4n) is 5.68. The lowest BCUT2D eigenvalue weighted by molar-refractivity contribution is -0.130. The summed E-state index contributed by atoms with van der Waals surface area (Å²) >= 11 is 0. The molecule has 152 valence electrons. The molecule has 1 aromatic rings. The van der Waals surface area contributed by atoms with E-state index in [0.717, 1.165) is 51.0 Å². The Morgan fingerprint density at radius 3 is 2.54 bits per heavy atom. The van der Waals surface area contributed by atoms with Crippen LogP contribution < -0.4 is 0 Å². The first kappa shape index (κ1) is 19.4. The highest BCUT2D eigenvalue weighted by Gasteiger charge is 2.48. The van der Waals surface area contributed by atoms with E-state index in [1.165, 1.54) is 32.1 Å². The molecule has 5 nitrogen and oxygen atoms in total. The van der Waals surface area contributed by atoms with E-state index in [-0.39, 0.29) is 11.3 Å². The molecule has 5 heteroatoms. The number of likely N-dealkylation sites (tertiary alicyclic amines) is 2. The van der Waals surface area contributed by atoms with Crippen LogP contribution in [0.4, 0.5) is 0 Å². The Labute approximate surface area is 168 Å². The van der Waals surface area contributed by atoms with Crippen molar-refractivity contribution in [1.29, 1.82) is 0 Å². The Morgan fingerprint density at radius 2 is 1.82 bits per heavy atom. The van der Waals surface area contributed by atoms with Crippen molar-refractivity contribution in [3.05, 3.63) is 29.6 Å². The molecule has 1 aromatic heterocycles. The van der Waals surface area contributed by atoms with Gasteiger partial charge in [-0.05, 0) is 62.0 Å². The Morgan fingerprint density at radius 1 is 1.07 bits per heavy atom. The number of nitrogens with zero attached hydrogens (tertiary/aromatic N) is 3. The summed E-state index contributed by atoms with van der Waals surface area (Å²) in [6, 6.07) is 1.94. The SMILES string of the molecule is Cc1cncc(C(=O)N2CC(CCC(=O)N3CCCC3)C3(CCCCC3)C2)c1. The van der Waals surface area contributed by atoms with Crippen molar-refractivity contribution < 1.29 is 9.59 Å². The first-order chi connectivity index (χ1) is 13.6. The summed E-state index contributed by atoms with van der Waals surface area (Å²) in [7, 11) is 0. The van der Waals surface area contributed by atoms with Crippen molar-refractivity contribution >= 4 is 11.8 Å². The third-order valence-electron chi connectivity index (χ3n) is 7.24. The Hall–Kier alpha value is -1.91. The van der Waals surface area contributed by atoms with Gasteiger partial charge in [0.15, 0.2) is 0 Å². The lowest BCUT2D eigenvalue weighted by Crippen LogP contribution is -2.35. The zero-order valence-corrected chi connectivity index (χ0v) is 17.2. The van der Waals surface area contributed by atoms with Crippen LogP contribution in [-0.4, -0.2) is 52.8 Å². The van der Waals surface area contributed by atoms with E-state index in [4.69, 9.17) is 0 Å². The number of carbonyl (C=O) groups excluding carboxylic acids is 2. The molecule has 0 radical (unpaired) electrons. The second-order valence-electron chi connectivity index (χ2n) is 9.18. The average molecular weight is 384 g/mol. The number of pyridine rings is 1. The van der Waals surface area contributed by atoms with Gasteiger partial charge in [0.25, 0.3) is 5.91 Å². The molecule has 0 bridgehead atoms. The number of amides is 2. The molecule has 3 heterocycles. The summed E-state index contributed by atoms with van der Waals surface area (Å²) in [5.41, 5.74) is 1.93. The van der Waals surface area contributed by atoms with Gasteiger partial charge in [0, 0.05) is 45.0 Å². The number of hydrogen-bond acceptors (Lipinski definition) is 3. The van der Waals surface area contributed by atoms with Crippen LogP contribution in [0, 0.1) is 18.3 Å². The van der Waals surface area contributed by atoms with Crippen LogP contribution in [0.25, 0.3) is 0 Å². The van der Waals surface area contributed by atoms with Crippen molar-refractivity contribution in [3.8, 4) is 0 Å². The lowest BCUT2D eigenvalue weighted by Gasteiger charge is -2.38. The highest BCUT2D eigenvalue weighted by Crippen LogP contribution is 2.49. The minimum atomic E-state index is 0.106. The summed E-state index contributed by atoms with van der Waals surface area (Å²) in [5.74, 6) is 0.867. The van der Waals surface area contributed by atoms with E-state index < -0.39 is 0 Å². The van der Waals surface area contributed by atoms with Gasteiger partial charge in [-0.25, -0.2) is 0 Å². The fourth-order valence-corrected chi connectivity index (χ4v) is 5.68. The van der Waals surface area contributed by atoms with Gasteiger partial charge in [0.1, 0.15) is 0 Å². The summed E-state index contributed by atoms with van der Waals surface area (Å²) in [4.78, 5) is 34.0. The summed E-state index contributed by atoms with van der Waals surface area (Å²) in [6.45, 7) is 5.48. The molecule has 1 spiro atoms. The van der Waals surface area contributed by atoms with Crippen molar-refractivity contribution in [2.45, 2.75) is 64.7 Å². The molecule has 0 aromatic carbocycles. The largest absolute Gasteiger partial charge is 0.343 e. The van der Waals surface area contributed by atoms with Crippen LogP contribution >= 0.6 is 0 Å². The number of aryl methyl sites for hydroxylation is 1. The summed E-state index contributed by atoms with van der Waals surface area (Å²) in [5, 5.41) is 0. The first-order valence-corrected chi connectivity index (χ1v) is 11.1. The summed E-state index contributed by atoms with van der Waals surface area (Å²) < 4.78 is 0. The molecule has 28 heavy (non-hydrogen) atoms. The maximum absolute atomic E-state index is 13.1. The third kappa shape index (κ3) is 3.94. The molecule has 0 N–H and O–H groups in total. The van der Waals surface area contributed by atoms with E-state index in [9.17, 15) is 9.59 Å². The van der Waals surface area contributed by atoms with E-state index >= 15 is 0 Å².